The van der Waals surface area contributed by atoms with Crippen LogP contribution in [0, 0.1) is 12.3 Å². The Balaban J connectivity index is 1.79. The fraction of sp³-hybridized carbons (Fsp3) is 0.600. The Hall–Kier alpha value is -0.870. The van der Waals surface area contributed by atoms with E-state index in [1.54, 1.807) is 12.1 Å². The van der Waals surface area contributed by atoms with E-state index in [1.807, 2.05) is 19.1 Å². The van der Waals surface area contributed by atoms with Crippen LogP contribution in [-0.4, -0.2) is 14.5 Å². The largest absolute Gasteiger partial charge is 0.297 e. The maximum absolute atomic E-state index is 12.3. The van der Waals surface area contributed by atoms with Gasteiger partial charge in [-0.3, -0.25) is 4.18 Å². The van der Waals surface area contributed by atoms with Crippen molar-refractivity contribution in [3.05, 3.63) is 29.8 Å². The number of hydrogen-bond donors (Lipinski definition) is 0. The van der Waals surface area contributed by atoms with Crippen LogP contribution in [0.3, 0.4) is 0 Å². The second-order valence-corrected chi connectivity index (χ2v) is 7.53. The molecule has 1 aromatic rings. The third-order valence-corrected chi connectivity index (χ3v) is 5.85. The molecule has 2 aliphatic rings. The molecule has 0 radical (unpaired) electrons. The van der Waals surface area contributed by atoms with Gasteiger partial charge in [0.1, 0.15) is 0 Å². The molecule has 1 aromatic carbocycles. The Labute approximate surface area is 115 Å². The van der Waals surface area contributed by atoms with Gasteiger partial charge in [0.25, 0.3) is 10.1 Å². The molecule has 104 valence electrons. The van der Waals surface area contributed by atoms with E-state index in [-0.39, 0.29) is 16.4 Å². The second kappa shape index (κ2) is 4.60. The molecule has 3 rings (SSSR count). The Morgan fingerprint density at radius 2 is 1.79 bits per heavy atom. The molecule has 2 saturated carbocycles. The molecule has 0 saturated heterocycles. The van der Waals surface area contributed by atoms with E-state index >= 15 is 0 Å². The summed E-state index contributed by atoms with van der Waals surface area (Å²) in [5.41, 5.74) is 1.23. The van der Waals surface area contributed by atoms with Crippen LogP contribution in [0.4, 0.5) is 0 Å². The molecule has 1 atom stereocenters. The van der Waals surface area contributed by atoms with Crippen LogP contribution in [0.15, 0.2) is 29.2 Å². The highest BCUT2D eigenvalue weighted by atomic mass is 32.2. The average molecular weight is 280 g/mol. The van der Waals surface area contributed by atoms with Gasteiger partial charge in [-0.15, -0.1) is 0 Å². The summed E-state index contributed by atoms with van der Waals surface area (Å²) in [6.45, 7) is 1.94. The van der Waals surface area contributed by atoms with E-state index in [0.717, 1.165) is 37.7 Å². The van der Waals surface area contributed by atoms with Gasteiger partial charge < -0.3 is 0 Å². The standard InChI is InChI=1S/C15H20O3S/c1-12-5-7-13(8-6-12)19(16,17)18-14-4-2-3-9-15(14)10-11-15/h5-8,14H,2-4,9-11H2,1H3. The third kappa shape index (κ3) is 2.56. The van der Waals surface area contributed by atoms with E-state index in [9.17, 15) is 8.42 Å². The van der Waals surface area contributed by atoms with Crippen LogP contribution in [0.1, 0.15) is 44.1 Å². The highest BCUT2D eigenvalue weighted by Gasteiger charge is 2.52. The predicted molar refractivity (Wildman–Crippen MR) is 73.4 cm³/mol. The van der Waals surface area contributed by atoms with Gasteiger partial charge in [-0.2, -0.15) is 8.42 Å². The lowest BCUT2D eigenvalue weighted by molar-refractivity contribution is 0.0831. The van der Waals surface area contributed by atoms with Gasteiger partial charge in [0.15, 0.2) is 0 Å². The minimum atomic E-state index is -3.61. The number of benzene rings is 1. The van der Waals surface area contributed by atoms with Crippen molar-refractivity contribution in [3.8, 4) is 0 Å². The Bertz CT molecular complexity index is 556. The van der Waals surface area contributed by atoms with Gasteiger partial charge in [-0.25, -0.2) is 0 Å². The van der Waals surface area contributed by atoms with Crippen LogP contribution < -0.4 is 0 Å². The first-order valence-electron chi connectivity index (χ1n) is 7.02. The van der Waals surface area contributed by atoms with Crippen molar-refractivity contribution in [3.63, 3.8) is 0 Å². The molecular weight excluding hydrogens is 260 g/mol. The lowest BCUT2D eigenvalue weighted by Gasteiger charge is -2.30. The number of aryl methyl sites for hydroxylation is 1. The zero-order valence-corrected chi connectivity index (χ0v) is 12.1. The highest BCUT2D eigenvalue weighted by molar-refractivity contribution is 7.86. The van der Waals surface area contributed by atoms with Gasteiger partial charge >= 0.3 is 0 Å². The molecule has 1 unspecified atom stereocenters. The molecule has 2 fully saturated rings. The maximum atomic E-state index is 12.3. The molecule has 0 bridgehead atoms. The van der Waals surface area contributed by atoms with E-state index in [1.165, 1.54) is 6.42 Å². The SMILES string of the molecule is Cc1ccc(S(=O)(=O)OC2CCCCC23CC3)cc1. The highest BCUT2D eigenvalue weighted by Crippen LogP contribution is 2.57. The van der Waals surface area contributed by atoms with Gasteiger partial charge in [-0.1, -0.05) is 30.5 Å². The first-order valence-corrected chi connectivity index (χ1v) is 8.43. The molecule has 1 spiro atoms. The van der Waals surface area contributed by atoms with E-state index in [0.29, 0.717) is 0 Å². The minimum absolute atomic E-state index is 0.104. The van der Waals surface area contributed by atoms with Crippen molar-refractivity contribution in [1.82, 2.24) is 0 Å². The van der Waals surface area contributed by atoms with Gasteiger partial charge in [0.2, 0.25) is 0 Å². The Morgan fingerprint density at radius 1 is 1.11 bits per heavy atom. The van der Waals surface area contributed by atoms with Crippen LogP contribution in [0.2, 0.25) is 0 Å². The van der Waals surface area contributed by atoms with Crippen molar-refractivity contribution < 1.29 is 12.6 Å². The lowest BCUT2D eigenvalue weighted by Crippen LogP contribution is -2.31. The van der Waals surface area contributed by atoms with E-state index < -0.39 is 10.1 Å². The molecule has 19 heavy (non-hydrogen) atoms. The van der Waals surface area contributed by atoms with Crippen molar-refractivity contribution in [1.29, 1.82) is 0 Å². The summed E-state index contributed by atoms with van der Waals surface area (Å²) in [6, 6.07) is 6.88. The Morgan fingerprint density at radius 3 is 2.42 bits per heavy atom. The summed E-state index contributed by atoms with van der Waals surface area (Å²) in [5, 5.41) is 0. The first kappa shape index (κ1) is 13.1. The van der Waals surface area contributed by atoms with Gasteiger partial charge in [0, 0.05) is 0 Å². The zero-order valence-electron chi connectivity index (χ0n) is 11.3. The lowest BCUT2D eigenvalue weighted by atomic mass is 9.84. The molecule has 3 nitrogen and oxygen atoms in total. The summed E-state index contributed by atoms with van der Waals surface area (Å²) >= 11 is 0. The molecule has 0 aliphatic heterocycles. The second-order valence-electron chi connectivity index (χ2n) is 5.96. The van der Waals surface area contributed by atoms with E-state index in [4.69, 9.17) is 4.18 Å². The van der Waals surface area contributed by atoms with Gasteiger partial charge in [-0.05, 0) is 50.2 Å². The molecule has 0 N–H and O–H groups in total. The number of hydrogen-bond acceptors (Lipinski definition) is 3. The summed E-state index contributed by atoms with van der Waals surface area (Å²) in [7, 11) is -3.61. The summed E-state index contributed by atoms with van der Waals surface area (Å²) in [6.07, 6.45) is 6.45. The van der Waals surface area contributed by atoms with Gasteiger partial charge in [0.05, 0.1) is 11.0 Å². The third-order valence-electron chi connectivity index (χ3n) is 4.52. The first-order chi connectivity index (χ1) is 9.02. The average Bonchev–Trinajstić information content (AvgIpc) is 3.13. The van der Waals surface area contributed by atoms with Crippen LogP contribution >= 0.6 is 0 Å². The summed E-state index contributed by atoms with van der Waals surface area (Å²) < 4.78 is 30.2. The fourth-order valence-corrected chi connectivity index (χ4v) is 4.26. The molecular formula is C15H20O3S. The van der Waals surface area contributed by atoms with Crippen LogP contribution in [-0.2, 0) is 14.3 Å². The Kier molecular flexibility index (Phi) is 3.18. The normalized spacial score (nSPS) is 25.4. The van der Waals surface area contributed by atoms with E-state index in [2.05, 4.69) is 0 Å². The minimum Gasteiger partial charge on any atom is -0.262 e. The summed E-state index contributed by atoms with van der Waals surface area (Å²) in [5.74, 6) is 0. The molecule has 0 aromatic heterocycles. The van der Waals surface area contributed by atoms with Crippen molar-refractivity contribution in [2.45, 2.75) is 56.4 Å². The smallest absolute Gasteiger partial charge is 0.262 e. The zero-order chi connectivity index (χ0) is 13.5. The fourth-order valence-electron chi connectivity index (χ4n) is 3.07. The molecule has 0 amide bonds. The van der Waals surface area contributed by atoms with Crippen LogP contribution in [0.5, 0.6) is 0 Å². The molecule has 4 heteroatoms. The van der Waals surface area contributed by atoms with Crippen LogP contribution in [0.25, 0.3) is 0 Å². The van der Waals surface area contributed by atoms with Crippen molar-refractivity contribution in [2.24, 2.45) is 5.41 Å². The topological polar surface area (TPSA) is 43.4 Å². The predicted octanol–water partition coefficient (Wildman–Crippen LogP) is 3.42. The summed E-state index contributed by atoms with van der Waals surface area (Å²) in [4.78, 5) is 0.277. The monoisotopic (exact) mass is 280 g/mol. The molecule has 0 heterocycles. The van der Waals surface area contributed by atoms with Crippen molar-refractivity contribution in [2.75, 3.05) is 0 Å². The number of rotatable bonds is 3. The van der Waals surface area contributed by atoms with Crippen molar-refractivity contribution >= 4 is 10.1 Å². The molecule has 2 aliphatic carbocycles. The maximum Gasteiger partial charge on any atom is 0.297 e. The quantitative estimate of drug-likeness (QED) is 0.797.